The average Bonchev–Trinajstić information content (AvgIpc) is 2.59. The molecule has 0 amide bonds. The summed E-state index contributed by atoms with van der Waals surface area (Å²) < 4.78 is 2.15. The first kappa shape index (κ1) is 11.4. The molecule has 0 radical (unpaired) electrons. The van der Waals surface area contributed by atoms with E-state index < -0.39 is 0 Å². The number of aromatic nitrogens is 2. The number of fused-ring (bicyclic) bond motifs is 3. The third kappa shape index (κ3) is 1.59. The second kappa shape index (κ2) is 4.05. The maximum Gasteiger partial charge on any atom is 0.213 e. The van der Waals surface area contributed by atoms with Crippen LogP contribution in [0.5, 0.6) is 0 Å². The standard InChI is InChI=1S/C13H12N2.HI/c1-9-8-11-10-4-3-7-15(2)13(10)6-5-12(11)14-9;/h3-8H,1-2H3;1H. The van der Waals surface area contributed by atoms with Gasteiger partial charge in [0.15, 0.2) is 6.20 Å². The van der Waals surface area contributed by atoms with Crippen molar-refractivity contribution in [3.63, 3.8) is 0 Å². The fraction of sp³-hybridized carbons (Fsp3) is 0.154. The number of benzene rings is 1. The zero-order chi connectivity index (χ0) is 10.4. The van der Waals surface area contributed by atoms with Gasteiger partial charge in [0.25, 0.3) is 0 Å². The zero-order valence-electron chi connectivity index (χ0n) is 9.29. The van der Waals surface area contributed by atoms with Crippen LogP contribution in [0.2, 0.25) is 0 Å². The Labute approximate surface area is 111 Å². The number of hydrogen-bond donors (Lipinski definition) is 1. The molecule has 2 aromatic heterocycles. The maximum absolute atomic E-state index is 3.36. The van der Waals surface area contributed by atoms with E-state index >= 15 is 0 Å². The highest BCUT2D eigenvalue weighted by Gasteiger charge is 2.08. The van der Waals surface area contributed by atoms with Crippen molar-refractivity contribution in [1.29, 1.82) is 0 Å². The minimum atomic E-state index is 0. The van der Waals surface area contributed by atoms with Crippen molar-refractivity contribution >= 4 is 21.8 Å². The Morgan fingerprint density at radius 3 is 2.75 bits per heavy atom. The van der Waals surface area contributed by atoms with E-state index in [1.54, 1.807) is 0 Å². The van der Waals surface area contributed by atoms with Gasteiger partial charge in [-0.2, -0.15) is 0 Å². The summed E-state index contributed by atoms with van der Waals surface area (Å²) in [6.07, 6.45) is 2.08. The van der Waals surface area contributed by atoms with Gasteiger partial charge >= 0.3 is 0 Å². The number of nitrogens with zero attached hydrogens (tertiary/aromatic N) is 1. The molecule has 0 saturated carbocycles. The first-order chi connectivity index (χ1) is 7.25. The molecule has 0 atom stereocenters. The van der Waals surface area contributed by atoms with Crippen molar-refractivity contribution in [3.8, 4) is 0 Å². The quantitative estimate of drug-likeness (QED) is 0.423. The van der Waals surface area contributed by atoms with Crippen LogP contribution in [0.15, 0.2) is 36.5 Å². The van der Waals surface area contributed by atoms with Crippen LogP contribution in [0.4, 0.5) is 0 Å². The van der Waals surface area contributed by atoms with E-state index in [9.17, 15) is 0 Å². The molecular weight excluding hydrogens is 311 g/mol. The Morgan fingerprint density at radius 2 is 1.94 bits per heavy atom. The summed E-state index contributed by atoms with van der Waals surface area (Å²) in [5.74, 6) is 0. The molecule has 1 N–H and O–H groups in total. The van der Waals surface area contributed by atoms with Crippen molar-refractivity contribution < 1.29 is 28.5 Å². The Bertz CT molecular complexity index is 655. The van der Waals surface area contributed by atoms with Crippen LogP contribution in [0.25, 0.3) is 21.8 Å². The Balaban J connectivity index is 0.000000963. The van der Waals surface area contributed by atoms with Gasteiger partial charge in [0.1, 0.15) is 7.05 Å². The molecule has 82 valence electrons. The lowest BCUT2D eigenvalue weighted by molar-refractivity contribution is -0.644. The summed E-state index contributed by atoms with van der Waals surface area (Å²) in [6.45, 7) is 2.09. The summed E-state index contributed by atoms with van der Waals surface area (Å²) in [7, 11) is 2.08. The summed E-state index contributed by atoms with van der Waals surface area (Å²) in [5.41, 5.74) is 3.69. The third-order valence-corrected chi connectivity index (χ3v) is 2.91. The molecule has 2 heterocycles. The van der Waals surface area contributed by atoms with Crippen molar-refractivity contribution in [1.82, 2.24) is 4.98 Å². The molecule has 0 aliphatic carbocycles. The van der Waals surface area contributed by atoms with Gasteiger partial charge in [0.05, 0.1) is 5.39 Å². The van der Waals surface area contributed by atoms with Gasteiger partial charge in [0.2, 0.25) is 5.52 Å². The topological polar surface area (TPSA) is 19.7 Å². The van der Waals surface area contributed by atoms with E-state index in [1.165, 1.54) is 27.5 Å². The van der Waals surface area contributed by atoms with Crippen LogP contribution in [0.3, 0.4) is 0 Å². The Kier molecular flexibility index (Phi) is 2.88. The molecule has 0 spiro atoms. The summed E-state index contributed by atoms with van der Waals surface area (Å²) in [5, 5.41) is 2.61. The molecule has 3 rings (SSSR count). The second-order valence-corrected chi connectivity index (χ2v) is 4.03. The molecule has 0 aliphatic heterocycles. The van der Waals surface area contributed by atoms with E-state index in [4.69, 9.17) is 0 Å². The predicted octanol–water partition coefficient (Wildman–Crippen LogP) is -0.542. The minimum Gasteiger partial charge on any atom is -1.00 e. The lowest BCUT2D eigenvalue weighted by Gasteiger charge is -1.97. The number of rotatable bonds is 0. The molecule has 3 heteroatoms. The number of H-pyrrole nitrogens is 1. The van der Waals surface area contributed by atoms with Crippen LogP contribution in [0, 0.1) is 6.92 Å². The Morgan fingerprint density at radius 1 is 1.12 bits per heavy atom. The van der Waals surface area contributed by atoms with Gasteiger partial charge in [0, 0.05) is 28.7 Å². The molecule has 0 unspecified atom stereocenters. The maximum atomic E-state index is 3.36. The van der Waals surface area contributed by atoms with E-state index in [0.29, 0.717) is 0 Å². The first-order valence-corrected chi connectivity index (χ1v) is 5.12. The number of pyridine rings is 1. The van der Waals surface area contributed by atoms with Crippen LogP contribution < -0.4 is 28.5 Å². The monoisotopic (exact) mass is 324 g/mol. The van der Waals surface area contributed by atoms with E-state index in [0.717, 1.165) is 0 Å². The summed E-state index contributed by atoms with van der Waals surface area (Å²) in [4.78, 5) is 3.36. The number of aromatic amines is 1. The lowest BCUT2D eigenvalue weighted by Crippen LogP contribution is -3.00. The van der Waals surface area contributed by atoms with Crippen molar-refractivity contribution in [2.75, 3.05) is 0 Å². The fourth-order valence-electron chi connectivity index (χ4n) is 2.19. The highest BCUT2D eigenvalue weighted by molar-refractivity contribution is 6.04. The van der Waals surface area contributed by atoms with Gasteiger partial charge in [-0.25, -0.2) is 4.57 Å². The van der Waals surface area contributed by atoms with Gasteiger partial charge < -0.3 is 29.0 Å². The number of halogens is 1. The first-order valence-electron chi connectivity index (χ1n) is 5.12. The van der Waals surface area contributed by atoms with Crippen molar-refractivity contribution in [3.05, 3.63) is 42.2 Å². The van der Waals surface area contributed by atoms with Crippen LogP contribution in [0.1, 0.15) is 5.69 Å². The summed E-state index contributed by atoms with van der Waals surface area (Å²) in [6, 6.07) is 10.8. The van der Waals surface area contributed by atoms with Gasteiger partial charge in [-0.05, 0) is 25.1 Å². The van der Waals surface area contributed by atoms with E-state index in [1.807, 2.05) is 0 Å². The average molecular weight is 324 g/mol. The van der Waals surface area contributed by atoms with Gasteiger partial charge in [-0.15, -0.1) is 0 Å². The molecule has 1 aromatic carbocycles. The second-order valence-electron chi connectivity index (χ2n) is 4.03. The van der Waals surface area contributed by atoms with Crippen LogP contribution in [-0.4, -0.2) is 4.98 Å². The number of hydrogen-bond acceptors (Lipinski definition) is 0. The van der Waals surface area contributed by atoms with Gasteiger partial charge in [-0.3, -0.25) is 0 Å². The van der Waals surface area contributed by atoms with E-state index in [-0.39, 0.29) is 24.0 Å². The highest BCUT2D eigenvalue weighted by atomic mass is 127. The summed E-state index contributed by atoms with van der Waals surface area (Å²) >= 11 is 0. The largest absolute Gasteiger partial charge is 1.00 e. The Hall–Kier alpha value is -1.10. The van der Waals surface area contributed by atoms with Crippen molar-refractivity contribution in [2.24, 2.45) is 7.05 Å². The van der Waals surface area contributed by atoms with Crippen LogP contribution in [-0.2, 0) is 7.05 Å². The van der Waals surface area contributed by atoms with E-state index in [2.05, 4.69) is 60.1 Å². The SMILES string of the molecule is Cc1cc2c(ccc3c2ccc[n+]3C)[nH]1.[I-]. The fourth-order valence-corrected chi connectivity index (χ4v) is 2.19. The lowest BCUT2D eigenvalue weighted by atomic mass is 10.1. The molecule has 0 aliphatic rings. The normalized spacial score (nSPS) is 10.6. The molecule has 0 bridgehead atoms. The molecule has 16 heavy (non-hydrogen) atoms. The predicted molar refractivity (Wildman–Crippen MR) is 61.7 cm³/mol. The molecule has 3 aromatic rings. The number of aryl methyl sites for hydroxylation is 2. The molecule has 2 nitrogen and oxygen atoms in total. The number of nitrogens with one attached hydrogen (secondary N) is 1. The third-order valence-electron chi connectivity index (χ3n) is 2.91. The zero-order valence-corrected chi connectivity index (χ0v) is 11.4. The van der Waals surface area contributed by atoms with Crippen molar-refractivity contribution in [2.45, 2.75) is 6.92 Å². The van der Waals surface area contributed by atoms with Crippen LogP contribution >= 0.6 is 0 Å². The smallest absolute Gasteiger partial charge is 0.213 e. The molecule has 0 fully saturated rings. The minimum absolute atomic E-state index is 0. The molecular formula is C13H13IN2. The van der Waals surface area contributed by atoms with Gasteiger partial charge in [-0.1, -0.05) is 0 Å². The highest BCUT2D eigenvalue weighted by Crippen LogP contribution is 2.23. The molecule has 0 saturated heterocycles.